The van der Waals surface area contributed by atoms with E-state index in [1.807, 2.05) is 43.3 Å². The zero-order valence-electron chi connectivity index (χ0n) is 16.8. The van der Waals surface area contributed by atoms with Crippen LogP contribution in [0, 0.1) is 24.1 Å². The van der Waals surface area contributed by atoms with Crippen molar-refractivity contribution in [3.63, 3.8) is 0 Å². The second-order valence-corrected chi connectivity index (χ2v) is 7.07. The van der Waals surface area contributed by atoms with E-state index in [9.17, 15) is 9.65 Å². The summed E-state index contributed by atoms with van der Waals surface area (Å²) < 4.78 is 20.6. The zero-order chi connectivity index (χ0) is 22.1. The molecule has 3 N–H and O–H groups in total. The number of aromatic nitrogens is 5. The average Bonchev–Trinajstić information content (AvgIpc) is 3.43. The van der Waals surface area contributed by atoms with Gasteiger partial charge in [0.25, 0.3) is 0 Å². The predicted octanol–water partition coefficient (Wildman–Crippen LogP) is 5.20. The van der Waals surface area contributed by atoms with Crippen molar-refractivity contribution in [2.75, 3.05) is 5.32 Å². The van der Waals surface area contributed by atoms with Gasteiger partial charge in [0.05, 0.1) is 5.69 Å². The summed E-state index contributed by atoms with van der Waals surface area (Å²) in [5, 5.41) is 20.3. The van der Waals surface area contributed by atoms with E-state index < -0.39 is 5.82 Å². The van der Waals surface area contributed by atoms with Crippen molar-refractivity contribution < 1.29 is 9.13 Å². The maximum Gasteiger partial charge on any atom is 0.242 e. The quantitative estimate of drug-likeness (QED) is 0.356. The molecule has 0 saturated heterocycles. The number of ether oxygens (including phenoxy) is 1. The standard InChI is InChI=1S/C23H16FN7O/c1-13-9-15-17(28-13)7-8-19(21(15)24)32-23-16(11-25)22(26-12-27-23)29-20-10-18(30-31-20)14-5-3-2-4-6-14/h2-10,12,28H,1H3,(H2,26,27,29,30,31). The van der Waals surface area contributed by atoms with Gasteiger partial charge in [0.1, 0.15) is 12.4 Å². The summed E-state index contributed by atoms with van der Waals surface area (Å²) in [7, 11) is 0. The number of fused-ring (bicyclic) bond motifs is 1. The lowest BCUT2D eigenvalue weighted by atomic mass is 10.1. The van der Waals surface area contributed by atoms with Crippen LogP contribution < -0.4 is 10.1 Å². The smallest absolute Gasteiger partial charge is 0.242 e. The fourth-order valence-electron chi connectivity index (χ4n) is 3.39. The van der Waals surface area contributed by atoms with Crippen molar-refractivity contribution in [3.05, 3.63) is 78.0 Å². The molecule has 3 aromatic heterocycles. The van der Waals surface area contributed by atoms with Crippen LogP contribution in [0.3, 0.4) is 0 Å². The van der Waals surface area contributed by atoms with Crippen LogP contribution in [0.5, 0.6) is 11.6 Å². The molecule has 0 amide bonds. The number of aromatic amines is 2. The Hall–Kier alpha value is -4.71. The molecule has 32 heavy (non-hydrogen) atoms. The van der Waals surface area contributed by atoms with Crippen molar-refractivity contribution >= 4 is 22.5 Å². The Kier molecular flexibility index (Phi) is 4.72. The number of H-pyrrole nitrogens is 2. The first-order valence-electron chi connectivity index (χ1n) is 9.71. The molecule has 5 rings (SSSR count). The highest BCUT2D eigenvalue weighted by molar-refractivity contribution is 5.83. The van der Waals surface area contributed by atoms with E-state index >= 15 is 0 Å². The lowest BCUT2D eigenvalue weighted by Gasteiger charge is -2.10. The summed E-state index contributed by atoms with van der Waals surface area (Å²) in [4.78, 5) is 11.2. The number of anilines is 2. The van der Waals surface area contributed by atoms with Crippen molar-refractivity contribution in [2.45, 2.75) is 6.92 Å². The van der Waals surface area contributed by atoms with Crippen LogP contribution in [-0.2, 0) is 0 Å². The third-order valence-electron chi connectivity index (χ3n) is 4.88. The van der Waals surface area contributed by atoms with Gasteiger partial charge in [0, 0.05) is 22.7 Å². The Labute approximate surface area is 181 Å². The summed E-state index contributed by atoms with van der Waals surface area (Å²) in [6.45, 7) is 1.84. The molecule has 9 heteroatoms. The molecule has 0 radical (unpaired) electrons. The number of nitrogens with zero attached hydrogens (tertiary/aromatic N) is 4. The lowest BCUT2D eigenvalue weighted by molar-refractivity contribution is 0.428. The molecule has 0 spiro atoms. The minimum atomic E-state index is -0.538. The van der Waals surface area contributed by atoms with Crippen LogP contribution in [0.15, 0.2) is 60.9 Å². The largest absolute Gasteiger partial charge is 0.434 e. The second kappa shape index (κ2) is 7.85. The van der Waals surface area contributed by atoms with Gasteiger partial charge in [-0.2, -0.15) is 10.4 Å². The molecule has 156 valence electrons. The van der Waals surface area contributed by atoms with Gasteiger partial charge in [-0.05, 0) is 30.7 Å². The first-order valence-corrected chi connectivity index (χ1v) is 9.71. The monoisotopic (exact) mass is 425 g/mol. The van der Waals surface area contributed by atoms with E-state index in [0.717, 1.165) is 17.0 Å². The van der Waals surface area contributed by atoms with Gasteiger partial charge >= 0.3 is 0 Å². The normalized spacial score (nSPS) is 10.8. The second-order valence-electron chi connectivity index (χ2n) is 7.07. The number of nitrogens with one attached hydrogen (secondary N) is 3. The molecule has 0 atom stereocenters. The van der Waals surface area contributed by atoms with Gasteiger partial charge in [0.2, 0.25) is 5.88 Å². The third kappa shape index (κ3) is 3.50. The highest BCUT2D eigenvalue weighted by Gasteiger charge is 2.18. The van der Waals surface area contributed by atoms with Gasteiger partial charge in [-0.25, -0.2) is 14.4 Å². The number of benzene rings is 2. The SMILES string of the molecule is Cc1cc2c(F)c(Oc3ncnc(Nc4cc(-c5ccccc5)[nH]n4)c3C#N)ccc2[nH]1. The van der Waals surface area contributed by atoms with Crippen LogP contribution in [0.25, 0.3) is 22.2 Å². The van der Waals surface area contributed by atoms with Crippen molar-refractivity contribution in [3.8, 4) is 29.0 Å². The Morgan fingerprint density at radius 2 is 1.94 bits per heavy atom. The Morgan fingerprint density at radius 3 is 2.75 bits per heavy atom. The fourth-order valence-corrected chi connectivity index (χ4v) is 3.39. The fraction of sp³-hybridized carbons (Fsp3) is 0.0435. The van der Waals surface area contributed by atoms with E-state index in [2.05, 4.69) is 30.5 Å². The molecule has 0 aliphatic heterocycles. The van der Waals surface area contributed by atoms with Gasteiger partial charge in [-0.3, -0.25) is 5.10 Å². The number of hydrogen-bond donors (Lipinski definition) is 3. The maximum absolute atomic E-state index is 14.9. The molecule has 0 bridgehead atoms. The summed E-state index contributed by atoms with van der Waals surface area (Å²) in [5.41, 5.74) is 3.28. The minimum Gasteiger partial charge on any atom is -0.434 e. The summed E-state index contributed by atoms with van der Waals surface area (Å²) >= 11 is 0. The minimum absolute atomic E-state index is 0.0292. The molecule has 0 saturated carbocycles. The lowest BCUT2D eigenvalue weighted by Crippen LogP contribution is -2.02. The molecule has 0 unspecified atom stereocenters. The topological polar surface area (TPSA) is 115 Å². The van der Waals surface area contributed by atoms with Crippen molar-refractivity contribution in [1.29, 1.82) is 5.26 Å². The Morgan fingerprint density at radius 1 is 1.09 bits per heavy atom. The van der Waals surface area contributed by atoms with Crippen LogP contribution in [0.2, 0.25) is 0 Å². The average molecular weight is 425 g/mol. The number of hydrogen-bond acceptors (Lipinski definition) is 6. The van der Waals surface area contributed by atoms with E-state index in [1.165, 1.54) is 12.4 Å². The molecular weight excluding hydrogens is 409 g/mol. The summed E-state index contributed by atoms with van der Waals surface area (Å²) in [6.07, 6.45) is 1.24. The first-order chi connectivity index (χ1) is 15.6. The number of rotatable bonds is 5. The summed E-state index contributed by atoms with van der Waals surface area (Å²) in [5.74, 6) is 0.0183. The predicted molar refractivity (Wildman–Crippen MR) is 117 cm³/mol. The molecule has 0 fully saturated rings. The highest BCUT2D eigenvalue weighted by Crippen LogP contribution is 2.33. The molecule has 8 nitrogen and oxygen atoms in total. The highest BCUT2D eigenvalue weighted by atomic mass is 19.1. The molecule has 3 heterocycles. The zero-order valence-corrected chi connectivity index (χ0v) is 16.8. The van der Waals surface area contributed by atoms with E-state index in [4.69, 9.17) is 4.74 Å². The van der Waals surface area contributed by atoms with Gasteiger partial charge in [-0.1, -0.05) is 30.3 Å². The first kappa shape index (κ1) is 19.3. The number of nitriles is 1. The van der Waals surface area contributed by atoms with E-state index in [-0.39, 0.29) is 23.0 Å². The molecule has 0 aliphatic rings. The van der Waals surface area contributed by atoms with Crippen LogP contribution in [0.1, 0.15) is 11.3 Å². The molecule has 0 aliphatic carbocycles. The third-order valence-corrected chi connectivity index (χ3v) is 4.88. The maximum atomic E-state index is 14.9. The van der Waals surface area contributed by atoms with Crippen LogP contribution >= 0.6 is 0 Å². The Bertz CT molecular complexity index is 1470. The van der Waals surface area contributed by atoms with Gasteiger partial charge in [-0.15, -0.1) is 0 Å². The number of aryl methyl sites for hydroxylation is 1. The van der Waals surface area contributed by atoms with Crippen LogP contribution in [-0.4, -0.2) is 25.1 Å². The van der Waals surface area contributed by atoms with Gasteiger partial charge < -0.3 is 15.0 Å². The molecule has 5 aromatic rings. The summed E-state index contributed by atoms with van der Waals surface area (Å²) in [6, 6.07) is 18.4. The van der Waals surface area contributed by atoms with Crippen molar-refractivity contribution in [1.82, 2.24) is 25.1 Å². The van der Waals surface area contributed by atoms with Gasteiger partial charge in [0.15, 0.2) is 28.8 Å². The Balaban J connectivity index is 1.45. The van der Waals surface area contributed by atoms with Crippen molar-refractivity contribution in [2.24, 2.45) is 0 Å². The molecule has 2 aromatic carbocycles. The van der Waals surface area contributed by atoms with E-state index in [1.54, 1.807) is 18.2 Å². The van der Waals surface area contributed by atoms with E-state index in [0.29, 0.717) is 16.7 Å². The molecular formula is C23H16FN7O. The number of halogens is 1. The van der Waals surface area contributed by atoms with Crippen LogP contribution in [0.4, 0.5) is 16.0 Å².